The van der Waals surface area contributed by atoms with Gasteiger partial charge in [0.1, 0.15) is 5.82 Å². The van der Waals surface area contributed by atoms with Crippen LogP contribution >= 0.6 is 11.6 Å². The molecule has 3 aromatic rings. The monoisotopic (exact) mass is 333 g/mol. The van der Waals surface area contributed by atoms with Crippen molar-refractivity contribution in [2.45, 2.75) is 6.54 Å². The number of nitrogens with zero attached hydrogens (tertiary/aromatic N) is 4. The fraction of sp³-hybridized carbons (Fsp3) is 0.133. The van der Waals surface area contributed by atoms with Gasteiger partial charge in [-0.3, -0.25) is 14.2 Å². The molecule has 0 aliphatic heterocycles. The van der Waals surface area contributed by atoms with Crippen LogP contribution in [-0.2, 0) is 13.6 Å². The largest absolute Gasteiger partial charge is 0.318 e. The Morgan fingerprint density at radius 2 is 2.22 bits per heavy atom. The van der Waals surface area contributed by atoms with E-state index in [4.69, 9.17) is 11.6 Å². The Kier molecular flexibility index (Phi) is 4.12. The van der Waals surface area contributed by atoms with E-state index < -0.39 is 0 Å². The molecule has 2 heterocycles. The van der Waals surface area contributed by atoms with Gasteiger partial charge >= 0.3 is 0 Å². The molecule has 0 spiro atoms. The minimum absolute atomic E-state index is 0.315. The Labute approximate surface area is 136 Å². The van der Waals surface area contributed by atoms with E-state index in [2.05, 4.69) is 15.5 Å². The molecule has 3 rings (SSSR count). The van der Waals surface area contributed by atoms with Crippen molar-refractivity contribution >= 4 is 23.2 Å². The highest BCUT2D eigenvalue weighted by molar-refractivity contribution is 6.31. The van der Waals surface area contributed by atoms with Crippen LogP contribution in [0.1, 0.15) is 16.1 Å². The van der Waals surface area contributed by atoms with E-state index in [0.717, 1.165) is 5.56 Å². The maximum absolute atomic E-state index is 13.0. The number of carbonyl (C=O) groups excluding carboxylic acids is 1. The Hall–Kier alpha value is -2.67. The summed E-state index contributed by atoms with van der Waals surface area (Å²) in [6.07, 6.45) is 4.88. The molecule has 6 nitrogen and oxygen atoms in total. The van der Waals surface area contributed by atoms with Crippen molar-refractivity contribution in [3.05, 3.63) is 65.0 Å². The van der Waals surface area contributed by atoms with Crippen LogP contribution in [-0.4, -0.2) is 25.5 Å². The minimum Gasteiger partial charge on any atom is -0.318 e. The van der Waals surface area contributed by atoms with Gasteiger partial charge in [0, 0.05) is 24.5 Å². The molecule has 0 unspecified atom stereocenters. The maximum Gasteiger partial charge on any atom is 0.276 e. The van der Waals surface area contributed by atoms with Gasteiger partial charge in [0.25, 0.3) is 5.91 Å². The molecule has 8 heteroatoms. The van der Waals surface area contributed by atoms with Crippen LogP contribution < -0.4 is 5.32 Å². The Morgan fingerprint density at radius 1 is 1.39 bits per heavy atom. The molecule has 23 heavy (non-hydrogen) atoms. The number of aryl methyl sites for hydroxylation is 1. The van der Waals surface area contributed by atoms with Gasteiger partial charge in [0.15, 0.2) is 5.69 Å². The predicted molar refractivity (Wildman–Crippen MR) is 83.9 cm³/mol. The third-order valence-corrected chi connectivity index (χ3v) is 3.54. The van der Waals surface area contributed by atoms with Gasteiger partial charge in [-0.25, -0.2) is 4.39 Å². The molecule has 0 saturated carbocycles. The smallest absolute Gasteiger partial charge is 0.276 e. The zero-order valence-electron chi connectivity index (χ0n) is 12.2. The highest BCUT2D eigenvalue weighted by atomic mass is 35.5. The highest BCUT2D eigenvalue weighted by Gasteiger charge is 2.11. The molecule has 0 bridgehead atoms. The fourth-order valence-electron chi connectivity index (χ4n) is 2.07. The quantitative estimate of drug-likeness (QED) is 0.798. The number of aromatic nitrogens is 4. The molecule has 2 aromatic heterocycles. The summed E-state index contributed by atoms with van der Waals surface area (Å²) < 4.78 is 16.2. The molecule has 0 atom stereocenters. The van der Waals surface area contributed by atoms with Gasteiger partial charge in [0.05, 0.1) is 18.4 Å². The molecular formula is C15H13ClFN5O. The summed E-state index contributed by atoms with van der Waals surface area (Å²) in [4.78, 5) is 12.0. The number of benzene rings is 1. The maximum atomic E-state index is 13.0. The summed E-state index contributed by atoms with van der Waals surface area (Å²) in [5.74, 6) is -0.701. The zero-order chi connectivity index (χ0) is 16.4. The number of amides is 1. The topological polar surface area (TPSA) is 64.7 Å². The Bertz CT molecular complexity index is 857. The summed E-state index contributed by atoms with van der Waals surface area (Å²) in [7, 11) is 1.74. The second kappa shape index (κ2) is 6.21. The van der Waals surface area contributed by atoms with Crippen molar-refractivity contribution < 1.29 is 9.18 Å². The SMILES string of the molecule is Cn1ccc(C(=O)Nc2cnn(Cc3ccc(F)cc3Cl)c2)n1. The zero-order valence-corrected chi connectivity index (χ0v) is 13.0. The molecule has 1 amide bonds. The number of carbonyl (C=O) groups is 1. The number of halogens is 2. The van der Waals surface area contributed by atoms with E-state index in [1.807, 2.05) is 0 Å². The van der Waals surface area contributed by atoms with Crippen LogP contribution in [0.25, 0.3) is 0 Å². The van der Waals surface area contributed by atoms with Crippen molar-refractivity contribution in [1.82, 2.24) is 19.6 Å². The van der Waals surface area contributed by atoms with Crippen molar-refractivity contribution in [2.75, 3.05) is 5.32 Å². The third-order valence-electron chi connectivity index (χ3n) is 3.18. The van der Waals surface area contributed by atoms with Gasteiger partial charge in [-0.1, -0.05) is 17.7 Å². The lowest BCUT2D eigenvalue weighted by Crippen LogP contribution is -2.12. The standard InChI is InChI=1S/C15H13ClFN5O/c1-21-5-4-14(20-21)15(23)19-12-7-18-22(9-12)8-10-2-3-11(17)6-13(10)16/h2-7,9H,8H2,1H3,(H,19,23). The van der Waals surface area contributed by atoms with Crippen LogP contribution in [0.5, 0.6) is 0 Å². The predicted octanol–water partition coefficient (Wildman–Crippen LogP) is 2.71. The Morgan fingerprint density at radius 3 is 2.91 bits per heavy atom. The van der Waals surface area contributed by atoms with E-state index >= 15 is 0 Å². The van der Waals surface area contributed by atoms with Crippen LogP contribution in [0.15, 0.2) is 42.9 Å². The first-order chi connectivity index (χ1) is 11.0. The normalized spacial score (nSPS) is 10.7. The number of rotatable bonds is 4. The number of hydrogen-bond donors (Lipinski definition) is 1. The van der Waals surface area contributed by atoms with Crippen LogP contribution in [0.4, 0.5) is 10.1 Å². The van der Waals surface area contributed by atoms with Crippen molar-refractivity contribution in [1.29, 1.82) is 0 Å². The third kappa shape index (κ3) is 3.57. The van der Waals surface area contributed by atoms with Crippen LogP contribution in [0.3, 0.4) is 0 Å². The first-order valence-electron chi connectivity index (χ1n) is 6.78. The first kappa shape index (κ1) is 15.2. The van der Waals surface area contributed by atoms with Gasteiger partial charge in [0.2, 0.25) is 0 Å². The Balaban J connectivity index is 1.69. The molecular weight excluding hydrogens is 321 g/mol. The first-order valence-corrected chi connectivity index (χ1v) is 7.16. The van der Waals surface area contributed by atoms with E-state index in [9.17, 15) is 9.18 Å². The molecule has 0 saturated heterocycles. The molecule has 0 fully saturated rings. The van der Waals surface area contributed by atoms with Crippen molar-refractivity contribution in [3.63, 3.8) is 0 Å². The van der Waals surface area contributed by atoms with E-state index in [1.165, 1.54) is 18.3 Å². The average molecular weight is 334 g/mol. The summed E-state index contributed by atoms with van der Waals surface area (Å²) in [5.41, 5.74) is 1.60. The molecule has 1 aromatic carbocycles. The van der Waals surface area contributed by atoms with Gasteiger partial charge in [-0.2, -0.15) is 10.2 Å². The second-order valence-corrected chi connectivity index (χ2v) is 5.40. The molecule has 1 N–H and O–H groups in total. The molecule has 0 aliphatic carbocycles. The fourth-order valence-corrected chi connectivity index (χ4v) is 2.30. The molecule has 118 valence electrons. The molecule has 0 radical (unpaired) electrons. The number of anilines is 1. The summed E-state index contributed by atoms with van der Waals surface area (Å²) in [6, 6.07) is 5.82. The summed E-state index contributed by atoms with van der Waals surface area (Å²) in [6.45, 7) is 0.374. The number of hydrogen-bond acceptors (Lipinski definition) is 3. The number of nitrogens with one attached hydrogen (secondary N) is 1. The van der Waals surface area contributed by atoms with Crippen LogP contribution in [0, 0.1) is 5.82 Å². The summed E-state index contributed by atoms with van der Waals surface area (Å²) >= 11 is 5.99. The lowest BCUT2D eigenvalue weighted by atomic mass is 10.2. The van der Waals surface area contributed by atoms with Gasteiger partial charge in [-0.05, 0) is 23.8 Å². The van der Waals surface area contributed by atoms with Crippen LogP contribution in [0.2, 0.25) is 5.02 Å². The summed E-state index contributed by atoms with van der Waals surface area (Å²) in [5, 5.41) is 11.2. The van der Waals surface area contributed by atoms with E-state index in [1.54, 1.807) is 40.9 Å². The van der Waals surface area contributed by atoms with E-state index in [-0.39, 0.29) is 11.7 Å². The lowest BCUT2D eigenvalue weighted by molar-refractivity contribution is 0.102. The lowest BCUT2D eigenvalue weighted by Gasteiger charge is -2.04. The molecule has 0 aliphatic rings. The average Bonchev–Trinajstić information content (AvgIpc) is 3.11. The van der Waals surface area contributed by atoms with E-state index in [0.29, 0.717) is 22.9 Å². The highest BCUT2D eigenvalue weighted by Crippen LogP contribution is 2.19. The minimum atomic E-state index is -0.387. The van der Waals surface area contributed by atoms with Crippen molar-refractivity contribution in [3.8, 4) is 0 Å². The second-order valence-electron chi connectivity index (χ2n) is 4.99. The van der Waals surface area contributed by atoms with Gasteiger partial charge < -0.3 is 5.32 Å². The van der Waals surface area contributed by atoms with Gasteiger partial charge in [-0.15, -0.1) is 0 Å². The van der Waals surface area contributed by atoms with Crippen molar-refractivity contribution in [2.24, 2.45) is 7.05 Å².